The van der Waals surface area contributed by atoms with Crippen LogP contribution in [0.25, 0.3) is 0 Å². The van der Waals surface area contributed by atoms with E-state index < -0.39 is 5.92 Å². The van der Waals surface area contributed by atoms with Gasteiger partial charge in [-0.05, 0) is 18.6 Å². The van der Waals surface area contributed by atoms with Crippen molar-refractivity contribution < 1.29 is 14.3 Å². The predicted octanol–water partition coefficient (Wildman–Crippen LogP) is 3.86. The minimum atomic E-state index is -0.485. The molecule has 0 saturated heterocycles. The summed E-state index contributed by atoms with van der Waals surface area (Å²) in [7, 11) is 3.09. The van der Waals surface area contributed by atoms with Crippen LogP contribution in [0.15, 0.2) is 52.4 Å². The number of hydrogen-bond acceptors (Lipinski definition) is 6. The molecule has 0 spiro atoms. The van der Waals surface area contributed by atoms with Crippen LogP contribution in [0.3, 0.4) is 0 Å². The molecule has 3 aromatic rings. The molecule has 1 atom stereocenters. The molecule has 31 heavy (non-hydrogen) atoms. The van der Waals surface area contributed by atoms with Crippen molar-refractivity contribution in [2.45, 2.75) is 30.2 Å². The van der Waals surface area contributed by atoms with E-state index in [4.69, 9.17) is 9.47 Å². The topological polar surface area (TPSA) is 93.3 Å². The standard InChI is InChI=1S/C23H23N3O4S/c1-13-7-9-14(10-8-13)12-31-23-25-21-19(22(28)26-23)16(11-18(27)24-21)15-5-4-6-17(29-2)20(15)30-3/h4-10,16H,11-12H2,1-3H3,(H2,24,25,26,27,28). The quantitative estimate of drug-likeness (QED) is 0.449. The zero-order chi connectivity index (χ0) is 22.0. The lowest BCUT2D eigenvalue weighted by atomic mass is 9.86. The fraction of sp³-hybridized carbons (Fsp3) is 0.261. The van der Waals surface area contributed by atoms with Crippen LogP contribution < -0.4 is 20.3 Å². The average molecular weight is 438 g/mol. The lowest BCUT2D eigenvalue weighted by molar-refractivity contribution is -0.116. The van der Waals surface area contributed by atoms with Gasteiger partial charge in [0.05, 0.1) is 19.8 Å². The van der Waals surface area contributed by atoms with Gasteiger partial charge >= 0.3 is 0 Å². The predicted molar refractivity (Wildman–Crippen MR) is 120 cm³/mol. The summed E-state index contributed by atoms with van der Waals surface area (Å²) in [5, 5.41) is 3.22. The molecule has 0 bridgehead atoms. The number of nitrogens with one attached hydrogen (secondary N) is 2. The van der Waals surface area contributed by atoms with Crippen molar-refractivity contribution in [2.75, 3.05) is 19.5 Å². The molecule has 160 valence electrons. The van der Waals surface area contributed by atoms with Crippen molar-refractivity contribution in [3.63, 3.8) is 0 Å². The number of aryl methyl sites for hydroxylation is 1. The first kappa shape index (κ1) is 21.0. The number of carbonyl (C=O) groups excluding carboxylic acids is 1. The maximum Gasteiger partial charge on any atom is 0.257 e. The van der Waals surface area contributed by atoms with Gasteiger partial charge in [-0.3, -0.25) is 9.59 Å². The van der Waals surface area contributed by atoms with Crippen LogP contribution >= 0.6 is 11.8 Å². The fourth-order valence-electron chi connectivity index (χ4n) is 3.71. The number of fused-ring (bicyclic) bond motifs is 1. The van der Waals surface area contributed by atoms with Gasteiger partial charge in [0.25, 0.3) is 5.56 Å². The first-order valence-corrected chi connectivity index (χ1v) is 10.8. The van der Waals surface area contributed by atoms with Gasteiger partial charge < -0.3 is 19.8 Å². The highest BCUT2D eigenvalue weighted by atomic mass is 32.2. The van der Waals surface area contributed by atoms with Crippen LogP contribution in [0.1, 0.15) is 34.6 Å². The van der Waals surface area contributed by atoms with Gasteiger partial charge in [-0.1, -0.05) is 53.7 Å². The van der Waals surface area contributed by atoms with Crippen LogP contribution in [-0.2, 0) is 10.5 Å². The minimum Gasteiger partial charge on any atom is -0.493 e. The number of thioether (sulfide) groups is 1. The van der Waals surface area contributed by atoms with Gasteiger partial charge in [-0.25, -0.2) is 4.98 Å². The Morgan fingerprint density at radius 2 is 1.87 bits per heavy atom. The molecule has 0 saturated carbocycles. The highest BCUT2D eigenvalue weighted by Crippen LogP contribution is 2.42. The van der Waals surface area contributed by atoms with E-state index in [1.54, 1.807) is 20.3 Å². The summed E-state index contributed by atoms with van der Waals surface area (Å²) in [4.78, 5) is 32.9. The molecule has 0 radical (unpaired) electrons. The molecular weight excluding hydrogens is 414 g/mol. The summed E-state index contributed by atoms with van der Waals surface area (Å²) < 4.78 is 10.9. The molecule has 2 aromatic carbocycles. The van der Waals surface area contributed by atoms with Gasteiger partial charge in [-0.15, -0.1) is 0 Å². The van der Waals surface area contributed by atoms with E-state index in [2.05, 4.69) is 15.3 Å². The summed E-state index contributed by atoms with van der Waals surface area (Å²) in [5.41, 5.74) is 3.18. The largest absolute Gasteiger partial charge is 0.493 e. The number of aromatic amines is 1. The van der Waals surface area contributed by atoms with Crippen LogP contribution in [0.2, 0.25) is 0 Å². The third-order valence-electron chi connectivity index (χ3n) is 5.23. The molecule has 1 amide bonds. The number of anilines is 1. The second-order valence-corrected chi connectivity index (χ2v) is 8.26. The molecule has 2 N–H and O–H groups in total. The molecule has 4 rings (SSSR count). The van der Waals surface area contributed by atoms with Gasteiger partial charge in [-0.2, -0.15) is 0 Å². The Balaban J connectivity index is 1.69. The Bertz CT molecular complexity index is 1170. The number of rotatable bonds is 6. The maximum absolute atomic E-state index is 13.1. The normalized spacial score (nSPS) is 15.2. The van der Waals surface area contributed by atoms with E-state index in [-0.39, 0.29) is 17.9 Å². The van der Waals surface area contributed by atoms with Gasteiger partial charge in [0, 0.05) is 23.7 Å². The van der Waals surface area contributed by atoms with Gasteiger partial charge in [0.2, 0.25) is 5.91 Å². The summed E-state index contributed by atoms with van der Waals surface area (Å²) in [6.45, 7) is 2.04. The molecule has 7 nitrogen and oxygen atoms in total. The Hall–Kier alpha value is -3.26. The number of methoxy groups -OCH3 is 2. The monoisotopic (exact) mass is 437 g/mol. The van der Waals surface area contributed by atoms with Crippen molar-refractivity contribution in [3.8, 4) is 11.5 Å². The van der Waals surface area contributed by atoms with Crippen molar-refractivity contribution >= 4 is 23.5 Å². The third kappa shape index (κ3) is 4.29. The second-order valence-electron chi connectivity index (χ2n) is 7.30. The number of hydrogen-bond donors (Lipinski definition) is 2. The van der Waals surface area contributed by atoms with Crippen LogP contribution in [0.4, 0.5) is 5.82 Å². The molecule has 1 aromatic heterocycles. The van der Waals surface area contributed by atoms with Crippen molar-refractivity contribution in [3.05, 3.63) is 75.1 Å². The summed E-state index contributed by atoms with van der Waals surface area (Å²) in [6, 6.07) is 13.6. The van der Waals surface area contributed by atoms with Gasteiger partial charge in [0.1, 0.15) is 5.82 Å². The van der Waals surface area contributed by atoms with E-state index in [1.807, 2.05) is 43.3 Å². The van der Waals surface area contributed by atoms with E-state index in [0.717, 1.165) is 5.56 Å². The first-order chi connectivity index (χ1) is 15.0. The maximum atomic E-state index is 13.1. The fourth-order valence-corrected chi connectivity index (χ4v) is 4.52. The minimum absolute atomic E-state index is 0.122. The Kier molecular flexibility index (Phi) is 5.99. The number of H-pyrrole nitrogens is 1. The zero-order valence-electron chi connectivity index (χ0n) is 17.5. The summed E-state index contributed by atoms with van der Waals surface area (Å²) in [5.74, 6) is 1.32. The van der Waals surface area contributed by atoms with E-state index in [0.29, 0.717) is 39.4 Å². The van der Waals surface area contributed by atoms with E-state index in [1.165, 1.54) is 17.3 Å². The lowest BCUT2D eigenvalue weighted by Gasteiger charge is -2.26. The second kappa shape index (κ2) is 8.85. The van der Waals surface area contributed by atoms with E-state index in [9.17, 15) is 9.59 Å². The van der Waals surface area contributed by atoms with Crippen LogP contribution in [-0.4, -0.2) is 30.1 Å². The SMILES string of the molecule is COc1cccc(C2CC(=O)Nc3nc(SCc4ccc(C)cc4)[nH]c(=O)c32)c1OC. The van der Waals surface area contributed by atoms with Crippen LogP contribution in [0, 0.1) is 6.92 Å². The average Bonchev–Trinajstić information content (AvgIpc) is 2.77. The molecule has 0 fully saturated rings. The first-order valence-electron chi connectivity index (χ1n) is 9.83. The van der Waals surface area contributed by atoms with Crippen molar-refractivity contribution in [1.29, 1.82) is 0 Å². The molecule has 1 unspecified atom stereocenters. The summed E-state index contributed by atoms with van der Waals surface area (Å²) in [6.07, 6.45) is 0.122. The number of nitrogens with zero attached hydrogens (tertiary/aromatic N) is 1. The molecule has 1 aliphatic heterocycles. The number of para-hydroxylation sites is 1. The lowest BCUT2D eigenvalue weighted by Crippen LogP contribution is -2.31. The van der Waals surface area contributed by atoms with Gasteiger partial charge in [0.15, 0.2) is 16.7 Å². The van der Waals surface area contributed by atoms with Crippen molar-refractivity contribution in [2.24, 2.45) is 0 Å². The number of benzene rings is 2. The Morgan fingerprint density at radius 3 is 2.58 bits per heavy atom. The molecular formula is C23H23N3O4S. The molecule has 0 aliphatic carbocycles. The number of ether oxygens (including phenoxy) is 2. The highest BCUT2D eigenvalue weighted by molar-refractivity contribution is 7.98. The number of aromatic nitrogens is 2. The Labute approximate surface area is 184 Å². The van der Waals surface area contributed by atoms with Crippen molar-refractivity contribution in [1.82, 2.24) is 9.97 Å². The molecule has 1 aliphatic rings. The van der Waals surface area contributed by atoms with E-state index >= 15 is 0 Å². The smallest absolute Gasteiger partial charge is 0.257 e. The molecule has 8 heteroatoms. The number of amides is 1. The summed E-state index contributed by atoms with van der Waals surface area (Å²) >= 11 is 1.42. The number of carbonyl (C=O) groups is 1. The van der Waals surface area contributed by atoms with Crippen LogP contribution in [0.5, 0.6) is 11.5 Å². The zero-order valence-corrected chi connectivity index (χ0v) is 18.3. The third-order valence-corrected chi connectivity index (χ3v) is 6.18. The Morgan fingerprint density at radius 1 is 1.10 bits per heavy atom. The highest BCUT2D eigenvalue weighted by Gasteiger charge is 2.33. The molecule has 2 heterocycles.